The van der Waals surface area contributed by atoms with E-state index in [4.69, 9.17) is 11.6 Å². The van der Waals surface area contributed by atoms with Crippen LogP contribution in [-0.4, -0.2) is 34.7 Å². The highest BCUT2D eigenvalue weighted by atomic mass is 79.9. The van der Waals surface area contributed by atoms with Crippen LogP contribution in [0.5, 0.6) is 0 Å². The molecule has 0 spiro atoms. The van der Waals surface area contributed by atoms with Gasteiger partial charge in [0.2, 0.25) is 0 Å². The topological polar surface area (TPSA) is 144 Å². The van der Waals surface area contributed by atoms with Crippen LogP contribution in [0.15, 0.2) is 74.9 Å². The van der Waals surface area contributed by atoms with Crippen molar-refractivity contribution in [2.45, 2.75) is 9.79 Å². The second-order valence-corrected chi connectivity index (χ2v) is 11.7. The van der Waals surface area contributed by atoms with E-state index in [0.29, 0.717) is 17.8 Å². The molecule has 0 saturated carbocycles. The fourth-order valence-corrected chi connectivity index (χ4v) is 6.22. The summed E-state index contributed by atoms with van der Waals surface area (Å²) in [6.45, 7) is 0. The number of nitrogens with one attached hydrogen (secondary N) is 1. The SMILES string of the molecule is CN(c1ccccc1)S(=O)(=O)c1cc(C(=O)NS(=O)(=O)c2cc(Br)c(F)cc2[N+](=O)[O-])ccc1Cl. The Kier molecular flexibility index (Phi) is 7.50. The number of anilines is 1. The lowest BCUT2D eigenvalue weighted by molar-refractivity contribution is -0.388. The number of nitro benzene ring substituents is 1. The summed E-state index contributed by atoms with van der Waals surface area (Å²) in [5.41, 5.74) is -1.22. The van der Waals surface area contributed by atoms with Gasteiger partial charge >= 0.3 is 0 Å². The number of benzene rings is 3. The van der Waals surface area contributed by atoms with Gasteiger partial charge in [0.05, 0.1) is 26.2 Å². The van der Waals surface area contributed by atoms with E-state index in [1.807, 2.05) is 0 Å². The van der Waals surface area contributed by atoms with Gasteiger partial charge in [0, 0.05) is 12.6 Å². The molecule has 0 bridgehead atoms. The summed E-state index contributed by atoms with van der Waals surface area (Å²) in [6, 6.07) is 12.0. The maximum atomic E-state index is 13.7. The van der Waals surface area contributed by atoms with E-state index in [2.05, 4.69) is 15.9 Å². The first-order valence-electron chi connectivity index (χ1n) is 9.30. The Balaban J connectivity index is 2.00. The highest BCUT2D eigenvalue weighted by Crippen LogP contribution is 2.31. The van der Waals surface area contributed by atoms with Crippen LogP contribution >= 0.6 is 27.5 Å². The Morgan fingerprint density at radius 3 is 2.29 bits per heavy atom. The van der Waals surface area contributed by atoms with Gasteiger partial charge < -0.3 is 0 Å². The maximum Gasteiger partial charge on any atom is 0.292 e. The van der Waals surface area contributed by atoms with Crippen LogP contribution in [0.2, 0.25) is 5.02 Å². The van der Waals surface area contributed by atoms with Gasteiger partial charge in [0.1, 0.15) is 10.7 Å². The Labute approximate surface area is 212 Å². The van der Waals surface area contributed by atoms with E-state index in [-0.39, 0.29) is 9.50 Å². The number of nitro groups is 1. The summed E-state index contributed by atoms with van der Waals surface area (Å²) < 4.78 is 67.5. The molecule has 3 rings (SSSR count). The van der Waals surface area contributed by atoms with E-state index in [0.717, 1.165) is 22.5 Å². The predicted molar refractivity (Wildman–Crippen MR) is 129 cm³/mol. The van der Waals surface area contributed by atoms with Crippen molar-refractivity contribution in [3.8, 4) is 0 Å². The van der Waals surface area contributed by atoms with Crippen molar-refractivity contribution in [1.29, 1.82) is 0 Å². The van der Waals surface area contributed by atoms with E-state index in [9.17, 15) is 36.1 Å². The van der Waals surface area contributed by atoms with Crippen LogP contribution in [0, 0.1) is 15.9 Å². The quantitative estimate of drug-likeness (QED) is 0.315. The molecule has 0 aliphatic heterocycles. The molecule has 1 N–H and O–H groups in total. The van der Waals surface area contributed by atoms with Gasteiger partial charge in [-0.3, -0.25) is 19.2 Å². The smallest absolute Gasteiger partial charge is 0.269 e. The largest absolute Gasteiger partial charge is 0.292 e. The second kappa shape index (κ2) is 9.89. The lowest BCUT2D eigenvalue weighted by atomic mass is 10.2. The number of carbonyl (C=O) groups is 1. The summed E-state index contributed by atoms with van der Waals surface area (Å²) in [5, 5.41) is 11.0. The highest BCUT2D eigenvalue weighted by Gasteiger charge is 2.31. The van der Waals surface area contributed by atoms with Crippen molar-refractivity contribution >= 4 is 64.9 Å². The lowest BCUT2D eigenvalue weighted by Crippen LogP contribution is -2.32. The van der Waals surface area contributed by atoms with E-state index in [1.165, 1.54) is 19.2 Å². The third-order valence-electron chi connectivity index (χ3n) is 4.67. The number of rotatable bonds is 7. The monoisotopic (exact) mass is 605 g/mol. The fourth-order valence-electron chi connectivity index (χ4n) is 2.88. The first-order valence-corrected chi connectivity index (χ1v) is 13.4. The predicted octanol–water partition coefficient (Wildman–Crippen LogP) is 4.09. The summed E-state index contributed by atoms with van der Waals surface area (Å²) in [4.78, 5) is 21.3. The van der Waals surface area contributed by atoms with Gasteiger partial charge in [-0.25, -0.2) is 25.9 Å². The average molecular weight is 607 g/mol. The molecule has 0 radical (unpaired) electrons. The van der Waals surface area contributed by atoms with Crippen LogP contribution in [0.3, 0.4) is 0 Å². The van der Waals surface area contributed by atoms with Gasteiger partial charge in [0.15, 0.2) is 4.90 Å². The minimum absolute atomic E-state index is 0.231. The maximum absolute atomic E-state index is 13.7. The van der Waals surface area contributed by atoms with Gasteiger partial charge in [-0.1, -0.05) is 29.8 Å². The van der Waals surface area contributed by atoms with Crippen molar-refractivity contribution in [3.05, 3.63) is 91.7 Å². The zero-order chi connectivity index (χ0) is 26.1. The molecule has 35 heavy (non-hydrogen) atoms. The summed E-state index contributed by atoms with van der Waals surface area (Å²) in [5.74, 6) is -2.38. The van der Waals surface area contributed by atoms with Crippen LogP contribution in [0.25, 0.3) is 0 Å². The minimum atomic E-state index is -4.87. The zero-order valence-electron chi connectivity index (χ0n) is 17.5. The summed E-state index contributed by atoms with van der Waals surface area (Å²) in [6.07, 6.45) is 0. The normalized spacial score (nSPS) is 11.7. The fraction of sp³-hybridized carbons (Fsp3) is 0.0500. The number of carbonyl (C=O) groups excluding carboxylic acids is 1. The van der Waals surface area contributed by atoms with Crippen molar-refractivity contribution in [3.63, 3.8) is 0 Å². The number of hydrogen-bond donors (Lipinski definition) is 1. The molecule has 1 amide bonds. The van der Waals surface area contributed by atoms with Crippen LogP contribution in [0.4, 0.5) is 15.8 Å². The summed E-state index contributed by atoms with van der Waals surface area (Å²) >= 11 is 8.81. The van der Waals surface area contributed by atoms with Gasteiger partial charge in [-0.2, -0.15) is 0 Å². The molecular weight excluding hydrogens is 593 g/mol. The van der Waals surface area contributed by atoms with Gasteiger partial charge in [-0.15, -0.1) is 0 Å². The molecule has 0 saturated heterocycles. The third-order valence-corrected chi connectivity index (χ3v) is 8.90. The summed E-state index contributed by atoms with van der Waals surface area (Å²) in [7, 11) is -7.87. The standard InChI is InChI=1S/C20H14BrClFN3O7S2/c1-25(13-5-3-2-4-6-13)35(32,33)18-9-12(7-8-15(18)22)20(27)24-34(30,31)19-10-14(21)16(23)11-17(19)26(28)29/h2-11H,1H3,(H,24,27). The number of para-hydroxylation sites is 1. The van der Waals surface area contributed by atoms with E-state index >= 15 is 0 Å². The third kappa shape index (κ3) is 5.45. The molecule has 0 aromatic heterocycles. The Morgan fingerprint density at radius 1 is 1.06 bits per heavy atom. The molecule has 0 fully saturated rings. The molecule has 184 valence electrons. The van der Waals surface area contributed by atoms with Crippen molar-refractivity contribution in [1.82, 2.24) is 4.72 Å². The highest BCUT2D eigenvalue weighted by molar-refractivity contribution is 9.10. The molecule has 3 aromatic carbocycles. The van der Waals surface area contributed by atoms with Crippen molar-refractivity contribution in [2.24, 2.45) is 0 Å². The lowest BCUT2D eigenvalue weighted by Gasteiger charge is -2.20. The zero-order valence-corrected chi connectivity index (χ0v) is 21.5. The molecule has 0 unspecified atom stereocenters. The van der Waals surface area contributed by atoms with E-state index in [1.54, 1.807) is 22.9 Å². The number of sulfonamides is 2. The minimum Gasteiger partial charge on any atom is -0.269 e. The van der Waals surface area contributed by atoms with Gasteiger partial charge in [0.25, 0.3) is 31.6 Å². The molecule has 0 heterocycles. The van der Waals surface area contributed by atoms with Crippen molar-refractivity contribution in [2.75, 3.05) is 11.4 Å². The van der Waals surface area contributed by atoms with Crippen molar-refractivity contribution < 1.29 is 30.9 Å². The molecule has 3 aromatic rings. The van der Waals surface area contributed by atoms with Crippen LogP contribution < -0.4 is 9.03 Å². The second-order valence-electron chi connectivity index (χ2n) is 6.88. The Bertz CT molecular complexity index is 1550. The molecule has 0 atom stereocenters. The number of amides is 1. The number of hydrogen-bond acceptors (Lipinski definition) is 7. The molecule has 15 heteroatoms. The van der Waals surface area contributed by atoms with Crippen LogP contribution in [-0.2, 0) is 20.0 Å². The number of halogens is 3. The van der Waals surface area contributed by atoms with Crippen LogP contribution in [0.1, 0.15) is 10.4 Å². The molecule has 0 aliphatic rings. The first kappa shape index (κ1) is 26.5. The Morgan fingerprint density at radius 2 is 1.69 bits per heavy atom. The average Bonchev–Trinajstić information content (AvgIpc) is 2.80. The molecular formula is C20H14BrClFN3O7S2. The first-order chi connectivity index (χ1) is 16.3. The van der Waals surface area contributed by atoms with Gasteiger partial charge in [-0.05, 0) is 52.3 Å². The Hall–Kier alpha value is -3.07. The number of nitrogens with zero attached hydrogens (tertiary/aromatic N) is 2. The molecule has 10 nitrogen and oxygen atoms in total. The molecule has 0 aliphatic carbocycles. The van der Waals surface area contributed by atoms with E-state index < -0.39 is 57.7 Å².